The average Bonchev–Trinajstić information content (AvgIpc) is 3.31. The molecule has 2 heterocycles. The Balaban J connectivity index is 1.34. The maximum Gasteiger partial charge on any atom is 0.269 e. The van der Waals surface area contributed by atoms with E-state index in [4.69, 9.17) is 17.3 Å². The number of aryl methyl sites for hydroxylation is 2. The van der Waals surface area contributed by atoms with Crippen LogP contribution in [0.15, 0.2) is 70.5 Å². The van der Waals surface area contributed by atoms with E-state index in [9.17, 15) is 18.0 Å². The van der Waals surface area contributed by atoms with Crippen molar-refractivity contribution in [2.24, 2.45) is 11.7 Å². The zero-order chi connectivity index (χ0) is 28.6. The van der Waals surface area contributed by atoms with Crippen molar-refractivity contribution in [3.05, 3.63) is 88.1 Å². The Labute approximate surface area is 238 Å². The van der Waals surface area contributed by atoms with E-state index < -0.39 is 21.7 Å². The summed E-state index contributed by atoms with van der Waals surface area (Å²) in [6, 6.07) is 17.3. The standard InChI is InChI=1S/C30H31ClN4O4S/c1-18-13-19(2)15-24(14-18)40(38,39)28-25-16-22(31)5-8-26(25)34-27(28)30(37)33-17-20-9-11-35(12-10-20)23-6-3-21(4-7-23)29(32)36/h3-8,13-16,20,34H,9-12,17H2,1-2H3,(H2,32,36)(H,33,37). The maximum atomic E-state index is 13.9. The monoisotopic (exact) mass is 578 g/mol. The Kier molecular flexibility index (Phi) is 7.61. The van der Waals surface area contributed by atoms with Crippen molar-refractivity contribution in [2.45, 2.75) is 36.5 Å². The molecule has 1 saturated heterocycles. The minimum absolute atomic E-state index is 0.00315. The van der Waals surface area contributed by atoms with Crippen LogP contribution in [-0.2, 0) is 9.84 Å². The van der Waals surface area contributed by atoms with Crippen LogP contribution in [0.5, 0.6) is 0 Å². The smallest absolute Gasteiger partial charge is 0.269 e. The van der Waals surface area contributed by atoms with Gasteiger partial charge in [0.2, 0.25) is 15.7 Å². The van der Waals surface area contributed by atoms with Gasteiger partial charge in [0.05, 0.1) is 4.90 Å². The molecular formula is C30H31ClN4O4S. The summed E-state index contributed by atoms with van der Waals surface area (Å²) < 4.78 is 27.8. The number of hydrogen-bond acceptors (Lipinski definition) is 5. The molecule has 0 radical (unpaired) electrons. The number of nitrogens with one attached hydrogen (secondary N) is 2. The number of anilines is 1. The quantitative estimate of drug-likeness (QED) is 0.284. The van der Waals surface area contributed by atoms with Crippen LogP contribution in [-0.4, -0.2) is 44.9 Å². The van der Waals surface area contributed by atoms with Crippen molar-refractivity contribution in [3.63, 3.8) is 0 Å². The molecule has 4 N–H and O–H groups in total. The number of H-pyrrole nitrogens is 1. The number of nitrogens with two attached hydrogens (primary N) is 1. The van der Waals surface area contributed by atoms with Gasteiger partial charge in [-0.05, 0) is 98.3 Å². The number of aromatic amines is 1. The lowest BCUT2D eigenvalue weighted by Crippen LogP contribution is -2.39. The summed E-state index contributed by atoms with van der Waals surface area (Å²) in [4.78, 5) is 30.1. The van der Waals surface area contributed by atoms with Crippen LogP contribution in [0.1, 0.15) is 44.8 Å². The van der Waals surface area contributed by atoms with E-state index in [1.165, 1.54) is 0 Å². The average molecular weight is 579 g/mol. The molecule has 10 heteroatoms. The molecule has 0 spiro atoms. The molecule has 1 aliphatic rings. The van der Waals surface area contributed by atoms with E-state index in [0.29, 0.717) is 28.0 Å². The highest BCUT2D eigenvalue weighted by Gasteiger charge is 2.31. The minimum atomic E-state index is -4.04. The number of benzene rings is 3. The van der Waals surface area contributed by atoms with E-state index in [1.54, 1.807) is 42.5 Å². The van der Waals surface area contributed by atoms with E-state index in [0.717, 1.165) is 42.7 Å². The highest BCUT2D eigenvalue weighted by molar-refractivity contribution is 7.91. The van der Waals surface area contributed by atoms with Crippen molar-refractivity contribution >= 4 is 49.8 Å². The lowest BCUT2D eigenvalue weighted by atomic mass is 9.96. The van der Waals surface area contributed by atoms with Gasteiger partial charge in [-0.15, -0.1) is 0 Å². The van der Waals surface area contributed by atoms with Gasteiger partial charge in [0.25, 0.3) is 5.91 Å². The summed E-state index contributed by atoms with van der Waals surface area (Å²) in [5.41, 5.74) is 8.98. The number of hydrogen-bond donors (Lipinski definition) is 3. The van der Waals surface area contributed by atoms with Crippen LogP contribution < -0.4 is 16.0 Å². The number of rotatable bonds is 7. The summed E-state index contributed by atoms with van der Waals surface area (Å²) in [5.74, 6) is -0.688. The second-order valence-corrected chi connectivity index (χ2v) is 12.7. The number of nitrogens with zero attached hydrogens (tertiary/aromatic N) is 1. The van der Waals surface area contributed by atoms with Gasteiger partial charge in [-0.2, -0.15) is 0 Å². The van der Waals surface area contributed by atoms with E-state index in [1.807, 2.05) is 32.0 Å². The van der Waals surface area contributed by atoms with Gasteiger partial charge in [-0.3, -0.25) is 9.59 Å². The lowest BCUT2D eigenvalue weighted by Gasteiger charge is -2.33. The molecule has 1 aliphatic heterocycles. The van der Waals surface area contributed by atoms with E-state index in [-0.39, 0.29) is 21.4 Å². The number of carbonyl (C=O) groups is 2. The largest absolute Gasteiger partial charge is 0.372 e. The van der Waals surface area contributed by atoms with Gasteiger partial charge in [-0.1, -0.05) is 17.7 Å². The summed E-state index contributed by atoms with van der Waals surface area (Å²) in [6.45, 7) is 5.70. The molecule has 0 bridgehead atoms. The van der Waals surface area contributed by atoms with Gasteiger partial charge in [0.15, 0.2) is 0 Å². The highest BCUT2D eigenvalue weighted by Crippen LogP contribution is 2.34. The van der Waals surface area contributed by atoms with Gasteiger partial charge in [-0.25, -0.2) is 8.42 Å². The van der Waals surface area contributed by atoms with Crippen molar-refractivity contribution < 1.29 is 18.0 Å². The molecule has 0 aliphatic carbocycles. The van der Waals surface area contributed by atoms with Crippen molar-refractivity contribution in [2.75, 3.05) is 24.5 Å². The number of primary amides is 1. The second-order valence-electron chi connectivity index (χ2n) is 10.4. The van der Waals surface area contributed by atoms with Gasteiger partial charge < -0.3 is 20.9 Å². The molecule has 3 aromatic carbocycles. The highest BCUT2D eigenvalue weighted by atomic mass is 35.5. The second kappa shape index (κ2) is 11.0. The van der Waals surface area contributed by atoms with Crippen LogP contribution in [0.25, 0.3) is 10.9 Å². The Morgan fingerprint density at radius 3 is 2.27 bits per heavy atom. The molecule has 0 atom stereocenters. The molecule has 8 nitrogen and oxygen atoms in total. The van der Waals surface area contributed by atoms with Crippen LogP contribution in [0, 0.1) is 19.8 Å². The molecule has 2 amide bonds. The van der Waals surface area contributed by atoms with Gasteiger partial charge >= 0.3 is 0 Å². The molecule has 1 fully saturated rings. The number of carbonyl (C=O) groups excluding carboxylic acids is 2. The zero-order valence-electron chi connectivity index (χ0n) is 22.3. The number of sulfone groups is 1. The van der Waals surface area contributed by atoms with Gasteiger partial charge in [0.1, 0.15) is 10.6 Å². The fourth-order valence-corrected chi connectivity index (χ4v) is 7.30. The minimum Gasteiger partial charge on any atom is -0.372 e. The number of amides is 2. The first-order chi connectivity index (χ1) is 19.0. The molecular weight excluding hydrogens is 548 g/mol. The maximum absolute atomic E-state index is 13.9. The molecule has 5 rings (SSSR count). The van der Waals surface area contributed by atoms with Crippen LogP contribution in [0.3, 0.4) is 0 Å². The molecule has 1 aromatic heterocycles. The number of halogens is 1. The third kappa shape index (κ3) is 5.57. The first-order valence-electron chi connectivity index (χ1n) is 13.1. The van der Waals surface area contributed by atoms with E-state index in [2.05, 4.69) is 15.2 Å². The van der Waals surface area contributed by atoms with Crippen molar-refractivity contribution in [3.8, 4) is 0 Å². The number of fused-ring (bicyclic) bond motifs is 1. The zero-order valence-corrected chi connectivity index (χ0v) is 23.9. The first kappa shape index (κ1) is 27.7. The fraction of sp³-hybridized carbons (Fsp3) is 0.267. The molecule has 0 saturated carbocycles. The fourth-order valence-electron chi connectivity index (χ4n) is 5.34. The Bertz CT molecular complexity index is 1690. The van der Waals surface area contributed by atoms with Gasteiger partial charge in [0, 0.05) is 46.8 Å². The van der Waals surface area contributed by atoms with Crippen molar-refractivity contribution in [1.29, 1.82) is 0 Å². The summed E-state index contributed by atoms with van der Waals surface area (Å²) in [7, 11) is -4.04. The summed E-state index contributed by atoms with van der Waals surface area (Å²) in [6.07, 6.45) is 1.71. The first-order valence-corrected chi connectivity index (χ1v) is 15.0. The predicted octanol–water partition coefficient (Wildman–Crippen LogP) is 5.02. The summed E-state index contributed by atoms with van der Waals surface area (Å²) in [5, 5.41) is 3.73. The number of aromatic nitrogens is 1. The molecule has 208 valence electrons. The Morgan fingerprint density at radius 2 is 1.65 bits per heavy atom. The SMILES string of the molecule is Cc1cc(C)cc(S(=O)(=O)c2c(C(=O)NCC3CCN(c4ccc(C(N)=O)cc4)CC3)[nH]c3ccc(Cl)cc23)c1. The van der Waals surface area contributed by atoms with Crippen LogP contribution in [0.2, 0.25) is 5.02 Å². The van der Waals surface area contributed by atoms with E-state index >= 15 is 0 Å². The lowest BCUT2D eigenvalue weighted by molar-refractivity contribution is 0.0936. The van der Waals surface area contributed by atoms with Crippen LogP contribution >= 0.6 is 11.6 Å². The third-order valence-corrected chi connectivity index (χ3v) is 9.45. The van der Waals surface area contributed by atoms with Crippen molar-refractivity contribution in [1.82, 2.24) is 10.3 Å². The topological polar surface area (TPSA) is 125 Å². The molecule has 0 unspecified atom stereocenters. The summed E-state index contributed by atoms with van der Waals surface area (Å²) >= 11 is 6.23. The Morgan fingerprint density at radius 1 is 1.00 bits per heavy atom. The normalized spacial score (nSPS) is 14.4. The Hall–Kier alpha value is -3.82. The third-order valence-electron chi connectivity index (χ3n) is 7.40. The van der Waals surface area contributed by atoms with Crippen LogP contribution in [0.4, 0.5) is 5.69 Å². The number of piperidine rings is 1. The molecule has 4 aromatic rings. The molecule has 40 heavy (non-hydrogen) atoms. The predicted molar refractivity (Wildman–Crippen MR) is 157 cm³/mol.